The largest absolute Gasteiger partial charge is 0.352 e. The van der Waals surface area contributed by atoms with E-state index in [2.05, 4.69) is 5.32 Å². The lowest BCUT2D eigenvalue weighted by molar-refractivity contribution is -0.139. The number of rotatable bonds is 10. The summed E-state index contributed by atoms with van der Waals surface area (Å²) < 4.78 is 28.9. The fraction of sp³-hybridized carbons (Fsp3) is 0.355. The van der Waals surface area contributed by atoms with Crippen LogP contribution in [0.15, 0.2) is 71.6 Å². The Morgan fingerprint density at radius 3 is 2.29 bits per heavy atom. The molecule has 1 saturated carbocycles. The second-order valence-corrected chi connectivity index (χ2v) is 13.2. The van der Waals surface area contributed by atoms with Crippen molar-refractivity contribution < 1.29 is 18.0 Å². The van der Waals surface area contributed by atoms with Crippen LogP contribution in [0.1, 0.15) is 49.3 Å². The number of anilines is 1. The van der Waals surface area contributed by atoms with E-state index >= 15 is 0 Å². The molecule has 1 aliphatic carbocycles. The number of nitrogens with zero attached hydrogens (tertiary/aromatic N) is 2. The predicted octanol–water partition coefficient (Wildman–Crippen LogP) is 6.28. The van der Waals surface area contributed by atoms with Crippen molar-refractivity contribution >= 4 is 50.7 Å². The molecule has 10 heteroatoms. The van der Waals surface area contributed by atoms with E-state index in [1.165, 1.54) is 29.2 Å². The first-order chi connectivity index (χ1) is 19.5. The molecule has 1 N–H and O–H groups in total. The van der Waals surface area contributed by atoms with Crippen molar-refractivity contribution in [1.82, 2.24) is 10.2 Å². The maximum atomic E-state index is 14.1. The van der Waals surface area contributed by atoms with Gasteiger partial charge in [-0.05, 0) is 75.1 Å². The van der Waals surface area contributed by atoms with Crippen LogP contribution in [0.2, 0.25) is 10.0 Å². The van der Waals surface area contributed by atoms with Crippen LogP contribution >= 0.6 is 23.2 Å². The Balaban J connectivity index is 1.73. The summed E-state index contributed by atoms with van der Waals surface area (Å²) >= 11 is 12.7. The molecule has 2 amide bonds. The van der Waals surface area contributed by atoms with Gasteiger partial charge in [-0.15, -0.1) is 0 Å². The number of halogens is 2. The van der Waals surface area contributed by atoms with Crippen LogP contribution in [0.5, 0.6) is 0 Å². The fourth-order valence-corrected chi connectivity index (χ4v) is 6.83. The molecule has 0 spiro atoms. The minimum absolute atomic E-state index is 0.00409. The molecule has 0 heterocycles. The molecule has 0 radical (unpaired) electrons. The molecular weight excluding hydrogens is 581 g/mol. The third-order valence-electron chi connectivity index (χ3n) is 7.54. The third-order valence-corrected chi connectivity index (χ3v) is 9.86. The zero-order chi connectivity index (χ0) is 29.7. The van der Waals surface area contributed by atoms with Gasteiger partial charge < -0.3 is 10.2 Å². The minimum Gasteiger partial charge on any atom is -0.352 e. The average molecular weight is 617 g/mol. The summed E-state index contributed by atoms with van der Waals surface area (Å²) in [6.45, 7) is 5.01. The first-order valence-electron chi connectivity index (χ1n) is 13.7. The van der Waals surface area contributed by atoms with Crippen LogP contribution < -0.4 is 9.62 Å². The van der Waals surface area contributed by atoms with Crippen molar-refractivity contribution in [2.75, 3.05) is 10.8 Å². The molecule has 4 rings (SSSR count). The monoisotopic (exact) mass is 615 g/mol. The van der Waals surface area contributed by atoms with Crippen LogP contribution in [-0.2, 0) is 26.2 Å². The molecule has 218 valence electrons. The Morgan fingerprint density at radius 1 is 0.976 bits per heavy atom. The molecule has 0 saturated heterocycles. The maximum absolute atomic E-state index is 14.1. The second-order valence-electron chi connectivity index (χ2n) is 10.5. The molecule has 0 aromatic heterocycles. The Bertz CT molecular complexity index is 1510. The molecule has 41 heavy (non-hydrogen) atoms. The van der Waals surface area contributed by atoms with E-state index in [0.29, 0.717) is 0 Å². The van der Waals surface area contributed by atoms with Gasteiger partial charge in [-0.3, -0.25) is 13.9 Å². The number of sulfonamides is 1. The van der Waals surface area contributed by atoms with Crippen LogP contribution in [0.4, 0.5) is 5.69 Å². The van der Waals surface area contributed by atoms with Crippen molar-refractivity contribution in [1.29, 1.82) is 0 Å². The lowest BCUT2D eigenvalue weighted by Gasteiger charge is -2.33. The summed E-state index contributed by atoms with van der Waals surface area (Å²) in [4.78, 5) is 28.9. The van der Waals surface area contributed by atoms with Crippen molar-refractivity contribution in [2.45, 2.75) is 70.0 Å². The number of benzene rings is 3. The number of hydrogen-bond donors (Lipinski definition) is 1. The second kappa shape index (κ2) is 13.3. The Kier molecular flexibility index (Phi) is 10.00. The topological polar surface area (TPSA) is 86.8 Å². The maximum Gasteiger partial charge on any atom is 0.264 e. The molecule has 3 aromatic rings. The Labute approximate surface area is 252 Å². The number of hydrogen-bond acceptors (Lipinski definition) is 4. The van der Waals surface area contributed by atoms with Gasteiger partial charge in [-0.2, -0.15) is 0 Å². The molecular formula is C31H35Cl2N3O4S. The lowest BCUT2D eigenvalue weighted by atomic mass is 10.1. The van der Waals surface area contributed by atoms with E-state index in [-0.39, 0.29) is 39.1 Å². The molecule has 3 aromatic carbocycles. The van der Waals surface area contributed by atoms with E-state index in [1.54, 1.807) is 25.1 Å². The molecule has 0 bridgehead atoms. The van der Waals surface area contributed by atoms with Crippen molar-refractivity contribution in [3.63, 3.8) is 0 Å². The summed E-state index contributed by atoms with van der Waals surface area (Å²) in [6, 6.07) is 17.6. The number of nitrogens with one attached hydrogen (secondary N) is 1. The normalized spacial score (nSPS) is 14.5. The highest BCUT2D eigenvalue weighted by molar-refractivity contribution is 7.92. The van der Waals surface area contributed by atoms with Gasteiger partial charge >= 0.3 is 0 Å². The molecule has 1 aliphatic rings. The molecule has 0 unspecified atom stereocenters. The average Bonchev–Trinajstić information content (AvgIpc) is 3.45. The van der Waals surface area contributed by atoms with Gasteiger partial charge in [-0.25, -0.2) is 8.42 Å². The van der Waals surface area contributed by atoms with Gasteiger partial charge in [-0.1, -0.05) is 78.0 Å². The Morgan fingerprint density at radius 2 is 1.63 bits per heavy atom. The van der Waals surface area contributed by atoms with Gasteiger partial charge in [0.15, 0.2) is 0 Å². The first-order valence-corrected chi connectivity index (χ1v) is 15.9. The zero-order valence-corrected chi connectivity index (χ0v) is 25.8. The van der Waals surface area contributed by atoms with E-state index in [0.717, 1.165) is 46.7 Å². The number of aryl methyl sites for hydroxylation is 2. The smallest absolute Gasteiger partial charge is 0.264 e. The van der Waals surface area contributed by atoms with Crippen LogP contribution in [-0.4, -0.2) is 43.8 Å². The van der Waals surface area contributed by atoms with Gasteiger partial charge in [0.05, 0.1) is 15.6 Å². The highest BCUT2D eigenvalue weighted by atomic mass is 35.5. The molecule has 1 atom stereocenters. The predicted molar refractivity (Wildman–Crippen MR) is 164 cm³/mol. The SMILES string of the molecule is Cc1ccc(S(=O)(=O)N(CC(=O)N(Cc2ccccc2C)[C@@H](C)C(=O)NC2CCCC2)c2cc(Cl)ccc2Cl)cc1. The third kappa shape index (κ3) is 7.42. The summed E-state index contributed by atoms with van der Waals surface area (Å²) in [7, 11) is -4.24. The summed E-state index contributed by atoms with van der Waals surface area (Å²) in [6.07, 6.45) is 3.91. The van der Waals surface area contributed by atoms with Gasteiger partial charge in [0.25, 0.3) is 10.0 Å². The molecule has 7 nitrogen and oxygen atoms in total. The number of carbonyl (C=O) groups is 2. The minimum atomic E-state index is -4.24. The van der Waals surface area contributed by atoms with E-state index in [9.17, 15) is 18.0 Å². The first kappa shape index (κ1) is 30.9. The lowest BCUT2D eigenvalue weighted by Crippen LogP contribution is -2.52. The molecule has 1 fully saturated rings. The van der Waals surface area contributed by atoms with Crippen LogP contribution in [0, 0.1) is 13.8 Å². The van der Waals surface area contributed by atoms with E-state index in [1.807, 2.05) is 38.1 Å². The number of carbonyl (C=O) groups excluding carboxylic acids is 2. The van der Waals surface area contributed by atoms with Crippen molar-refractivity contribution in [3.8, 4) is 0 Å². The summed E-state index contributed by atoms with van der Waals surface area (Å²) in [5.41, 5.74) is 2.77. The van der Waals surface area contributed by atoms with Crippen molar-refractivity contribution in [2.24, 2.45) is 0 Å². The van der Waals surface area contributed by atoms with Crippen LogP contribution in [0.25, 0.3) is 0 Å². The summed E-state index contributed by atoms with van der Waals surface area (Å²) in [5.74, 6) is -0.818. The summed E-state index contributed by atoms with van der Waals surface area (Å²) in [5, 5.41) is 3.46. The van der Waals surface area contributed by atoms with Crippen LogP contribution in [0.3, 0.4) is 0 Å². The fourth-order valence-electron chi connectivity index (χ4n) is 4.97. The van der Waals surface area contributed by atoms with Gasteiger partial charge in [0, 0.05) is 17.6 Å². The van der Waals surface area contributed by atoms with E-state index < -0.39 is 28.5 Å². The van der Waals surface area contributed by atoms with Gasteiger partial charge in [0.1, 0.15) is 12.6 Å². The number of amides is 2. The highest BCUT2D eigenvalue weighted by Gasteiger charge is 2.34. The highest BCUT2D eigenvalue weighted by Crippen LogP contribution is 2.33. The zero-order valence-electron chi connectivity index (χ0n) is 23.4. The van der Waals surface area contributed by atoms with Gasteiger partial charge in [0.2, 0.25) is 11.8 Å². The van der Waals surface area contributed by atoms with Crippen molar-refractivity contribution in [3.05, 3.63) is 93.5 Å². The standard InChI is InChI=1S/C31H35Cl2N3O4S/c1-21-12-15-27(16-13-21)41(39,40)36(29-18-25(32)14-17-28(29)33)20-30(37)35(19-24-9-5-4-8-22(24)2)23(3)31(38)34-26-10-6-7-11-26/h4-5,8-9,12-18,23,26H,6-7,10-11,19-20H2,1-3H3,(H,34,38)/t23-/m0/s1. The quantitative estimate of drug-likeness (QED) is 0.291. The molecule has 0 aliphatic heterocycles. The van der Waals surface area contributed by atoms with E-state index in [4.69, 9.17) is 23.2 Å². The Hall–Kier alpha value is -3.07.